The van der Waals surface area contributed by atoms with E-state index in [4.69, 9.17) is 33.2 Å². The van der Waals surface area contributed by atoms with Crippen molar-refractivity contribution in [2.75, 3.05) is 79.3 Å². The van der Waals surface area contributed by atoms with Crippen LogP contribution in [0.25, 0.3) is 0 Å². The SMILES string of the molecule is CCCCCCC(=O)OCCOCCOCCOCCOCCOCCOC(=O)C(=O)c1ccccc1. The van der Waals surface area contributed by atoms with Crippen LogP contribution in [-0.4, -0.2) is 97.0 Å². The third-order valence-corrected chi connectivity index (χ3v) is 4.90. The molecule has 210 valence electrons. The Labute approximate surface area is 219 Å². The molecule has 0 fully saturated rings. The highest BCUT2D eigenvalue weighted by atomic mass is 16.6. The molecule has 0 heterocycles. The summed E-state index contributed by atoms with van der Waals surface area (Å²) in [5.41, 5.74) is 0.296. The van der Waals surface area contributed by atoms with Gasteiger partial charge in [-0.2, -0.15) is 0 Å². The third kappa shape index (κ3) is 19.4. The van der Waals surface area contributed by atoms with Gasteiger partial charge in [0.1, 0.15) is 13.2 Å². The number of unbranched alkanes of at least 4 members (excludes halogenated alkanes) is 3. The van der Waals surface area contributed by atoms with Crippen LogP contribution in [0, 0.1) is 0 Å². The molecule has 0 N–H and O–H groups in total. The zero-order valence-corrected chi connectivity index (χ0v) is 22.0. The molecule has 0 aliphatic rings. The van der Waals surface area contributed by atoms with Gasteiger partial charge in [0.05, 0.1) is 66.1 Å². The molecule has 0 bridgehead atoms. The van der Waals surface area contributed by atoms with Crippen molar-refractivity contribution >= 4 is 17.7 Å². The Bertz CT molecular complexity index is 710. The first-order valence-electron chi connectivity index (χ1n) is 13.0. The molecule has 1 aromatic rings. The molecule has 0 saturated carbocycles. The van der Waals surface area contributed by atoms with Crippen LogP contribution in [0.4, 0.5) is 0 Å². The number of ether oxygens (including phenoxy) is 7. The Morgan fingerprint density at radius 1 is 0.568 bits per heavy atom. The van der Waals surface area contributed by atoms with E-state index in [1.54, 1.807) is 30.3 Å². The molecule has 10 nitrogen and oxygen atoms in total. The van der Waals surface area contributed by atoms with Gasteiger partial charge in [-0.1, -0.05) is 56.5 Å². The van der Waals surface area contributed by atoms with E-state index in [1.165, 1.54) is 0 Å². The second-order valence-corrected chi connectivity index (χ2v) is 7.92. The normalized spacial score (nSPS) is 10.8. The monoisotopic (exact) mass is 526 g/mol. The lowest BCUT2D eigenvalue weighted by atomic mass is 10.1. The van der Waals surface area contributed by atoms with Crippen molar-refractivity contribution in [3.63, 3.8) is 0 Å². The zero-order valence-electron chi connectivity index (χ0n) is 22.0. The van der Waals surface area contributed by atoms with E-state index in [0.29, 0.717) is 71.4 Å². The first kappa shape index (κ1) is 32.7. The molecule has 37 heavy (non-hydrogen) atoms. The molecule has 1 aromatic carbocycles. The van der Waals surface area contributed by atoms with Gasteiger partial charge in [0.15, 0.2) is 0 Å². The zero-order chi connectivity index (χ0) is 26.8. The molecule has 0 spiro atoms. The quantitative estimate of drug-likeness (QED) is 0.0815. The van der Waals surface area contributed by atoms with Crippen LogP contribution in [0.2, 0.25) is 0 Å². The summed E-state index contributed by atoms with van der Waals surface area (Å²) in [6.45, 7) is 6.28. The summed E-state index contributed by atoms with van der Waals surface area (Å²) in [7, 11) is 0. The Hall–Kier alpha value is -2.37. The number of Topliss-reactive ketones (excluding diaryl/α,β-unsaturated/α-hetero) is 1. The molecule has 0 unspecified atom stereocenters. The van der Waals surface area contributed by atoms with Crippen LogP contribution >= 0.6 is 0 Å². The molecular formula is C27H42O10. The fourth-order valence-corrected chi connectivity index (χ4v) is 2.93. The number of rotatable bonds is 25. The summed E-state index contributed by atoms with van der Waals surface area (Å²) < 4.78 is 36.8. The maximum atomic E-state index is 11.8. The van der Waals surface area contributed by atoms with Crippen LogP contribution in [0.15, 0.2) is 30.3 Å². The molecule has 0 aliphatic heterocycles. The molecule has 10 heteroatoms. The molecule has 1 rings (SSSR count). The van der Waals surface area contributed by atoms with E-state index >= 15 is 0 Å². The maximum absolute atomic E-state index is 11.8. The van der Waals surface area contributed by atoms with Gasteiger partial charge in [-0.25, -0.2) is 4.79 Å². The number of esters is 2. The average molecular weight is 527 g/mol. The highest BCUT2D eigenvalue weighted by Crippen LogP contribution is 2.03. The molecular weight excluding hydrogens is 484 g/mol. The molecule has 0 amide bonds. The minimum atomic E-state index is -0.897. The van der Waals surface area contributed by atoms with Gasteiger partial charge in [0.25, 0.3) is 5.78 Å². The second kappa shape index (κ2) is 24.0. The van der Waals surface area contributed by atoms with Crippen LogP contribution < -0.4 is 0 Å². The van der Waals surface area contributed by atoms with Crippen molar-refractivity contribution < 1.29 is 47.5 Å². The summed E-state index contributed by atoms with van der Waals surface area (Å²) in [6.07, 6.45) is 4.71. The summed E-state index contributed by atoms with van der Waals surface area (Å²) in [5, 5.41) is 0. The first-order chi connectivity index (χ1) is 18.1. The molecule has 0 aromatic heterocycles. The van der Waals surface area contributed by atoms with Crippen LogP contribution in [-0.2, 0) is 42.7 Å². The Kier molecular flexibility index (Phi) is 21.2. The van der Waals surface area contributed by atoms with Gasteiger partial charge < -0.3 is 33.2 Å². The van der Waals surface area contributed by atoms with Crippen molar-refractivity contribution in [2.24, 2.45) is 0 Å². The minimum absolute atomic E-state index is 0.00178. The first-order valence-corrected chi connectivity index (χ1v) is 13.0. The minimum Gasteiger partial charge on any atom is -0.463 e. The standard InChI is InChI=1S/C27H42O10/c1-2-3-4-8-11-25(28)36-22-20-34-18-16-32-14-12-31-13-15-33-17-19-35-21-23-37-27(30)26(29)24-9-6-5-7-10-24/h5-7,9-10H,2-4,8,11-23H2,1H3. The number of ketones is 1. The molecule has 0 aliphatic carbocycles. The number of carbonyl (C=O) groups excluding carboxylic acids is 3. The lowest BCUT2D eigenvalue weighted by molar-refractivity contribution is -0.145. The summed E-state index contributed by atoms with van der Waals surface area (Å²) in [6, 6.07) is 8.25. The lowest BCUT2D eigenvalue weighted by Crippen LogP contribution is -2.20. The van der Waals surface area contributed by atoms with Gasteiger partial charge in [0, 0.05) is 12.0 Å². The molecule has 0 radical (unpaired) electrons. The second-order valence-electron chi connectivity index (χ2n) is 7.92. The van der Waals surface area contributed by atoms with Gasteiger partial charge in [-0.05, 0) is 6.42 Å². The smallest absolute Gasteiger partial charge is 0.379 e. The fourth-order valence-electron chi connectivity index (χ4n) is 2.93. The average Bonchev–Trinajstić information content (AvgIpc) is 2.92. The predicted octanol–water partition coefficient (Wildman–Crippen LogP) is 3.01. The van der Waals surface area contributed by atoms with Gasteiger partial charge in [-0.15, -0.1) is 0 Å². The van der Waals surface area contributed by atoms with Crippen molar-refractivity contribution in [1.29, 1.82) is 0 Å². The Morgan fingerprint density at radius 3 is 1.51 bits per heavy atom. The van der Waals surface area contributed by atoms with E-state index < -0.39 is 11.8 Å². The molecule has 0 atom stereocenters. The number of hydrogen-bond acceptors (Lipinski definition) is 10. The largest absolute Gasteiger partial charge is 0.463 e. The predicted molar refractivity (Wildman–Crippen MR) is 136 cm³/mol. The highest BCUT2D eigenvalue weighted by Gasteiger charge is 2.17. The van der Waals surface area contributed by atoms with E-state index in [2.05, 4.69) is 6.92 Å². The summed E-state index contributed by atoms with van der Waals surface area (Å²) in [4.78, 5) is 35.0. The van der Waals surface area contributed by atoms with Crippen LogP contribution in [0.3, 0.4) is 0 Å². The lowest BCUT2D eigenvalue weighted by Gasteiger charge is -2.08. The van der Waals surface area contributed by atoms with Gasteiger partial charge in [0.2, 0.25) is 0 Å². The Morgan fingerprint density at radius 2 is 1.03 bits per heavy atom. The topological polar surface area (TPSA) is 116 Å². The van der Waals surface area contributed by atoms with Crippen molar-refractivity contribution in [2.45, 2.75) is 39.0 Å². The maximum Gasteiger partial charge on any atom is 0.379 e. The van der Waals surface area contributed by atoms with E-state index in [-0.39, 0.29) is 25.8 Å². The molecule has 0 saturated heterocycles. The van der Waals surface area contributed by atoms with E-state index in [1.807, 2.05) is 0 Å². The summed E-state index contributed by atoms with van der Waals surface area (Å²) >= 11 is 0. The third-order valence-electron chi connectivity index (χ3n) is 4.90. The van der Waals surface area contributed by atoms with Crippen molar-refractivity contribution in [3.8, 4) is 0 Å². The van der Waals surface area contributed by atoms with Crippen LogP contribution in [0.1, 0.15) is 49.4 Å². The van der Waals surface area contributed by atoms with Crippen molar-refractivity contribution in [1.82, 2.24) is 0 Å². The number of carbonyl (C=O) groups is 3. The Balaban J connectivity index is 1.75. The van der Waals surface area contributed by atoms with Crippen molar-refractivity contribution in [3.05, 3.63) is 35.9 Å². The van der Waals surface area contributed by atoms with E-state index in [0.717, 1.165) is 25.7 Å². The highest BCUT2D eigenvalue weighted by molar-refractivity contribution is 6.40. The van der Waals surface area contributed by atoms with Gasteiger partial charge >= 0.3 is 11.9 Å². The van der Waals surface area contributed by atoms with Crippen LogP contribution in [0.5, 0.6) is 0 Å². The summed E-state index contributed by atoms with van der Waals surface area (Å²) in [5.74, 6) is -1.74. The fraction of sp³-hybridized carbons (Fsp3) is 0.667. The number of hydrogen-bond donors (Lipinski definition) is 0. The van der Waals surface area contributed by atoms with E-state index in [9.17, 15) is 14.4 Å². The number of benzene rings is 1. The van der Waals surface area contributed by atoms with Gasteiger partial charge in [-0.3, -0.25) is 9.59 Å².